The number of methoxy groups -OCH3 is 1. The summed E-state index contributed by atoms with van der Waals surface area (Å²) in [5.74, 6) is -0.452. The maximum Gasteiger partial charge on any atom is 0.346 e. The van der Waals surface area contributed by atoms with Crippen molar-refractivity contribution in [2.24, 2.45) is 5.16 Å². The highest BCUT2D eigenvalue weighted by Crippen LogP contribution is 2.11. The Bertz CT molecular complexity index is 387. The van der Waals surface area contributed by atoms with E-state index in [1.165, 1.54) is 7.11 Å². The number of ether oxygens (including phenoxy) is 1. The van der Waals surface area contributed by atoms with E-state index in [1.807, 2.05) is 24.3 Å². The lowest BCUT2D eigenvalue weighted by atomic mass is 10.1. The number of hydrogen-bond donors (Lipinski definition) is 0. The summed E-state index contributed by atoms with van der Waals surface area (Å²) in [6, 6.07) is 7.64. The van der Waals surface area contributed by atoms with Crippen molar-refractivity contribution < 1.29 is 14.4 Å². The van der Waals surface area contributed by atoms with E-state index in [-0.39, 0.29) is 6.61 Å². The van der Waals surface area contributed by atoms with Crippen molar-refractivity contribution in [1.29, 1.82) is 0 Å². The summed E-state index contributed by atoms with van der Waals surface area (Å²) in [6.45, 7) is 1.63. The predicted octanol–water partition coefficient (Wildman–Crippen LogP) is 2.36. The van der Waals surface area contributed by atoms with Crippen LogP contribution >= 0.6 is 15.9 Å². The maximum atomic E-state index is 10.8. The molecule has 0 spiro atoms. The van der Waals surface area contributed by atoms with Gasteiger partial charge in [0, 0.05) is 4.47 Å². The van der Waals surface area contributed by atoms with Crippen molar-refractivity contribution in [3.05, 3.63) is 34.3 Å². The zero-order chi connectivity index (χ0) is 12.0. The van der Waals surface area contributed by atoms with Gasteiger partial charge in [-0.15, -0.1) is 0 Å². The molecule has 0 N–H and O–H groups in total. The summed E-state index contributed by atoms with van der Waals surface area (Å²) in [7, 11) is 1.30. The third-order valence-corrected chi connectivity index (χ3v) is 2.40. The number of halogens is 1. The number of oxime groups is 1. The van der Waals surface area contributed by atoms with E-state index in [1.54, 1.807) is 6.92 Å². The first-order valence-corrected chi connectivity index (χ1v) is 5.42. The molecule has 0 aromatic heterocycles. The lowest BCUT2D eigenvalue weighted by molar-refractivity contribution is -0.145. The standard InChI is InChI=1S/C11H12BrNO3/c1-8(13-16-7-11(14)15-2)9-3-5-10(12)6-4-9/h3-6H,7H2,1-2H3/b13-8+. The minimum atomic E-state index is -0.452. The van der Waals surface area contributed by atoms with Crippen LogP contribution in [-0.4, -0.2) is 25.4 Å². The molecule has 16 heavy (non-hydrogen) atoms. The smallest absolute Gasteiger partial charge is 0.346 e. The zero-order valence-corrected chi connectivity index (χ0v) is 10.7. The van der Waals surface area contributed by atoms with Crippen LogP contribution in [-0.2, 0) is 14.4 Å². The Morgan fingerprint density at radius 3 is 2.56 bits per heavy atom. The number of rotatable bonds is 4. The van der Waals surface area contributed by atoms with E-state index < -0.39 is 5.97 Å². The number of carbonyl (C=O) groups excluding carboxylic acids is 1. The molecule has 0 amide bonds. The summed E-state index contributed by atoms with van der Waals surface area (Å²) < 4.78 is 5.41. The second kappa shape index (κ2) is 6.27. The Hall–Kier alpha value is -1.36. The van der Waals surface area contributed by atoms with Crippen LogP contribution in [0.15, 0.2) is 33.9 Å². The highest BCUT2D eigenvalue weighted by atomic mass is 79.9. The lowest BCUT2D eigenvalue weighted by Crippen LogP contribution is -2.08. The number of hydrogen-bond acceptors (Lipinski definition) is 4. The van der Waals surface area contributed by atoms with Crippen LogP contribution in [0.4, 0.5) is 0 Å². The molecule has 0 atom stereocenters. The van der Waals surface area contributed by atoms with Crippen LogP contribution in [0.25, 0.3) is 0 Å². The van der Waals surface area contributed by atoms with Gasteiger partial charge in [-0.1, -0.05) is 33.2 Å². The summed E-state index contributed by atoms with van der Waals surface area (Å²) in [5, 5.41) is 3.81. The molecule has 0 heterocycles. The Kier molecular flexibility index (Phi) is 4.98. The summed E-state index contributed by atoms with van der Waals surface area (Å²) in [4.78, 5) is 15.6. The molecule has 0 fully saturated rings. The molecule has 1 rings (SSSR count). The van der Waals surface area contributed by atoms with E-state index in [0.29, 0.717) is 5.71 Å². The minimum absolute atomic E-state index is 0.176. The van der Waals surface area contributed by atoms with Gasteiger partial charge in [-0.3, -0.25) is 0 Å². The van der Waals surface area contributed by atoms with E-state index in [4.69, 9.17) is 4.84 Å². The van der Waals surface area contributed by atoms with Gasteiger partial charge in [0.1, 0.15) is 0 Å². The predicted molar refractivity (Wildman–Crippen MR) is 64.3 cm³/mol. The van der Waals surface area contributed by atoms with Gasteiger partial charge < -0.3 is 9.57 Å². The van der Waals surface area contributed by atoms with Crippen molar-refractivity contribution >= 4 is 27.6 Å². The van der Waals surface area contributed by atoms with Crippen LogP contribution in [0, 0.1) is 0 Å². The average molecular weight is 286 g/mol. The molecule has 0 unspecified atom stereocenters. The summed E-state index contributed by atoms with van der Waals surface area (Å²) in [5.41, 5.74) is 1.64. The topological polar surface area (TPSA) is 47.9 Å². The van der Waals surface area contributed by atoms with Crippen molar-refractivity contribution in [2.75, 3.05) is 13.7 Å². The lowest BCUT2D eigenvalue weighted by Gasteiger charge is -2.01. The molecule has 5 heteroatoms. The second-order valence-corrected chi connectivity index (χ2v) is 3.95. The number of nitrogens with zero attached hydrogens (tertiary/aromatic N) is 1. The monoisotopic (exact) mass is 285 g/mol. The molecule has 0 aliphatic rings. The van der Waals surface area contributed by atoms with Crippen LogP contribution in [0.2, 0.25) is 0 Å². The number of benzene rings is 1. The highest BCUT2D eigenvalue weighted by molar-refractivity contribution is 9.10. The molecular weight excluding hydrogens is 274 g/mol. The van der Waals surface area contributed by atoms with E-state index in [0.717, 1.165) is 10.0 Å². The first-order valence-electron chi connectivity index (χ1n) is 4.63. The van der Waals surface area contributed by atoms with Crippen LogP contribution < -0.4 is 0 Å². The molecule has 0 radical (unpaired) electrons. The van der Waals surface area contributed by atoms with E-state index >= 15 is 0 Å². The molecule has 0 saturated heterocycles. The van der Waals surface area contributed by atoms with Crippen molar-refractivity contribution in [2.45, 2.75) is 6.92 Å². The van der Waals surface area contributed by atoms with Crippen LogP contribution in [0.5, 0.6) is 0 Å². The molecular formula is C11H12BrNO3. The van der Waals surface area contributed by atoms with Crippen LogP contribution in [0.3, 0.4) is 0 Å². The molecule has 0 saturated carbocycles. The van der Waals surface area contributed by atoms with E-state index in [2.05, 4.69) is 25.8 Å². The normalized spacial score (nSPS) is 11.1. The van der Waals surface area contributed by atoms with Crippen molar-refractivity contribution in [3.63, 3.8) is 0 Å². The molecule has 86 valence electrons. The molecule has 4 nitrogen and oxygen atoms in total. The third-order valence-electron chi connectivity index (χ3n) is 1.87. The highest BCUT2D eigenvalue weighted by Gasteiger charge is 2.01. The van der Waals surface area contributed by atoms with Gasteiger partial charge in [-0.05, 0) is 24.6 Å². The molecule has 0 aliphatic carbocycles. The molecule has 1 aromatic carbocycles. The Balaban J connectivity index is 2.56. The summed E-state index contributed by atoms with van der Waals surface area (Å²) >= 11 is 3.34. The number of carbonyl (C=O) groups is 1. The first-order chi connectivity index (χ1) is 7.63. The van der Waals surface area contributed by atoms with Gasteiger partial charge >= 0.3 is 5.97 Å². The van der Waals surface area contributed by atoms with Gasteiger partial charge in [0.25, 0.3) is 0 Å². The summed E-state index contributed by atoms with van der Waals surface area (Å²) in [6.07, 6.45) is 0. The van der Waals surface area contributed by atoms with Crippen LogP contribution in [0.1, 0.15) is 12.5 Å². The van der Waals surface area contributed by atoms with Gasteiger partial charge in [0.15, 0.2) is 0 Å². The Morgan fingerprint density at radius 2 is 2.00 bits per heavy atom. The Morgan fingerprint density at radius 1 is 1.38 bits per heavy atom. The largest absolute Gasteiger partial charge is 0.466 e. The quantitative estimate of drug-likeness (QED) is 0.485. The fraction of sp³-hybridized carbons (Fsp3) is 0.273. The minimum Gasteiger partial charge on any atom is -0.466 e. The van der Waals surface area contributed by atoms with Gasteiger partial charge in [-0.2, -0.15) is 0 Å². The number of esters is 1. The first kappa shape index (κ1) is 12.7. The second-order valence-electron chi connectivity index (χ2n) is 3.03. The zero-order valence-electron chi connectivity index (χ0n) is 9.07. The Labute approximate surface area is 102 Å². The van der Waals surface area contributed by atoms with Crippen molar-refractivity contribution in [3.8, 4) is 0 Å². The molecule has 0 aliphatic heterocycles. The SMILES string of the molecule is COC(=O)CO/N=C(\C)c1ccc(Br)cc1. The van der Waals surface area contributed by atoms with Crippen molar-refractivity contribution in [1.82, 2.24) is 0 Å². The van der Waals surface area contributed by atoms with Gasteiger partial charge in [0.2, 0.25) is 6.61 Å². The third kappa shape index (κ3) is 4.02. The molecule has 1 aromatic rings. The fourth-order valence-corrected chi connectivity index (χ4v) is 1.25. The molecule has 0 bridgehead atoms. The average Bonchev–Trinajstić information content (AvgIpc) is 2.29. The van der Waals surface area contributed by atoms with E-state index in [9.17, 15) is 4.79 Å². The van der Waals surface area contributed by atoms with Gasteiger partial charge in [0.05, 0.1) is 12.8 Å². The van der Waals surface area contributed by atoms with Gasteiger partial charge in [-0.25, -0.2) is 4.79 Å². The maximum absolute atomic E-state index is 10.8. The fourth-order valence-electron chi connectivity index (χ4n) is 0.985.